The van der Waals surface area contributed by atoms with Crippen LogP contribution in [-0.4, -0.2) is 52.3 Å². The molecule has 0 unspecified atom stereocenters. The average molecular weight is 363 g/mol. The maximum absolute atomic E-state index is 13.4. The van der Waals surface area contributed by atoms with Gasteiger partial charge in [-0.2, -0.15) is 16.9 Å². The minimum absolute atomic E-state index is 0.110. The summed E-state index contributed by atoms with van der Waals surface area (Å²) in [4.78, 5) is 26.2. The Kier molecular flexibility index (Phi) is 5.37. The average Bonchev–Trinajstić information content (AvgIpc) is 2.64. The van der Waals surface area contributed by atoms with E-state index >= 15 is 0 Å². The van der Waals surface area contributed by atoms with E-state index in [0.29, 0.717) is 30.1 Å². The number of rotatable bonds is 4. The lowest BCUT2D eigenvalue weighted by Crippen LogP contribution is -2.41. The molecular formula is C17H18FN3O3S. The molecule has 1 aromatic heterocycles. The van der Waals surface area contributed by atoms with Crippen LogP contribution in [0.4, 0.5) is 4.39 Å². The number of halogens is 1. The molecule has 3 rings (SSSR count). The number of ether oxygens (including phenoxy) is 1. The lowest BCUT2D eigenvalue weighted by atomic mass is 10.1. The zero-order valence-corrected chi connectivity index (χ0v) is 14.6. The van der Waals surface area contributed by atoms with Crippen molar-refractivity contribution in [2.75, 3.05) is 31.7 Å². The highest BCUT2D eigenvalue weighted by Crippen LogP contribution is 2.28. The molecule has 0 saturated carbocycles. The first kappa shape index (κ1) is 17.5. The predicted molar refractivity (Wildman–Crippen MR) is 94.3 cm³/mol. The van der Waals surface area contributed by atoms with E-state index in [1.54, 1.807) is 4.90 Å². The van der Waals surface area contributed by atoms with Gasteiger partial charge in [0.25, 0.3) is 5.56 Å². The second-order valence-electron chi connectivity index (χ2n) is 5.55. The van der Waals surface area contributed by atoms with Gasteiger partial charge in [-0.25, -0.2) is 9.07 Å². The van der Waals surface area contributed by atoms with Crippen molar-refractivity contribution in [2.24, 2.45) is 0 Å². The normalized spacial score (nSPS) is 14.4. The quantitative estimate of drug-likeness (QED) is 0.826. The number of aromatic nitrogens is 2. The molecule has 0 radical (unpaired) electrons. The van der Waals surface area contributed by atoms with Crippen LogP contribution in [-0.2, 0) is 11.3 Å². The molecule has 1 aliphatic heterocycles. The van der Waals surface area contributed by atoms with Crippen molar-refractivity contribution in [3.63, 3.8) is 0 Å². The molecule has 0 N–H and O–H groups in total. The van der Waals surface area contributed by atoms with Crippen LogP contribution in [0.2, 0.25) is 0 Å². The van der Waals surface area contributed by atoms with Gasteiger partial charge in [-0.1, -0.05) is 0 Å². The van der Waals surface area contributed by atoms with Crippen molar-refractivity contribution >= 4 is 17.7 Å². The summed E-state index contributed by atoms with van der Waals surface area (Å²) in [5.74, 6) is 1.57. The summed E-state index contributed by atoms with van der Waals surface area (Å²) in [5, 5.41) is 4.26. The monoisotopic (exact) mass is 363 g/mol. The summed E-state index contributed by atoms with van der Waals surface area (Å²) in [6.45, 7) is 1.26. The highest BCUT2D eigenvalue weighted by Gasteiger charge is 2.18. The predicted octanol–water partition coefficient (Wildman–Crippen LogP) is 1.63. The van der Waals surface area contributed by atoms with E-state index in [4.69, 9.17) is 4.74 Å². The zero-order valence-electron chi connectivity index (χ0n) is 13.8. The minimum Gasteiger partial charge on any atom is -0.496 e. The lowest BCUT2D eigenvalue weighted by molar-refractivity contribution is -0.131. The molecule has 1 fully saturated rings. The first-order chi connectivity index (χ1) is 12.1. The topological polar surface area (TPSA) is 64.4 Å². The van der Waals surface area contributed by atoms with Crippen LogP contribution in [0.1, 0.15) is 0 Å². The van der Waals surface area contributed by atoms with Crippen LogP contribution in [0.25, 0.3) is 11.3 Å². The van der Waals surface area contributed by atoms with Gasteiger partial charge in [0.05, 0.1) is 12.8 Å². The Hall–Kier alpha value is -2.35. The molecule has 25 heavy (non-hydrogen) atoms. The van der Waals surface area contributed by atoms with Crippen molar-refractivity contribution in [3.05, 3.63) is 46.5 Å². The fourth-order valence-corrected chi connectivity index (χ4v) is 3.53. The Morgan fingerprint density at radius 1 is 1.28 bits per heavy atom. The molecule has 1 amide bonds. The Bertz CT molecular complexity index is 834. The van der Waals surface area contributed by atoms with Crippen LogP contribution < -0.4 is 10.3 Å². The number of nitrogens with zero attached hydrogens (tertiary/aromatic N) is 3. The molecule has 8 heteroatoms. The number of thioether (sulfide) groups is 1. The van der Waals surface area contributed by atoms with E-state index in [0.717, 1.165) is 16.2 Å². The second-order valence-corrected chi connectivity index (χ2v) is 6.78. The Morgan fingerprint density at radius 3 is 2.76 bits per heavy atom. The van der Waals surface area contributed by atoms with Crippen LogP contribution in [0.3, 0.4) is 0 Å². The van der Waals surface area contributed by atoms with Gasteiger partial charge in [0.15, 0.2) is 0 Å². The van der Waals surface area contributed by atoms with Gasteiger partial charge in [-0.05, 0) is 18.2 Å². The van der Waals surface area contributed by atoms with E-state index in [1.807, 2.05) is 11.8 Å². The van der Waals surface area contributed by atoms with E-state index in [9.17, 15) is 14.0 Å². The van der Waals surface area contributed by atoms with E-state index < -0.39 is 5.82 Å². The largest absolute Gasteiger partial charge is 0.496 e. The Labute approximate surface area is 148 Å². The number of hydrogen-bond acceptors (Lipinski definition) is 5. The number of hydrogen-bond donors (Lipinski definition) is 0. The van der Waals surface area contributed by atoms with E-state index in [1.165, 1.54) is 37.4 Å². The van der Waals surface area contributed by atoms with Gasteiger partial charge in [0, 0.05) is 42.3 Å². The van der Waals surface area contributed by atoms with E-state index in [2.05, 4.69) is 5.10 Å². The van der Waals surface area contributed by atoms with Crippen LogP contribution in [0, 0.1) is 5.82 Å². The number of carbonyl (C=O) groups is 1. The highest BCUT2D eigenvalue weighted by molar-refractivity contribution is 7.99. The van der Waals surface area contributed by atoms with Crippen LogP contribution in [0.5, 0.6) is 5.75 Å². The van der Waals surface area contributed by atoms with Gasteiger partial charge < -0.3 is 9.64 Å². The van der Waals surface area contributed by atoms with Gasteiger partial charge in [0.1, 0.15) is 18.1 Å². The summed E-state index contributed by atoms with van der Waals surface area (Å²) in [5.41, 5.74) is 0.641. The number of benzene rings is 1. The third kappa shape index (κ3) is 4.01. The molecule has 1 saturated heterocycles. The SMILES string of the molecule is COc1cc(F)ccc1-c1ccc(=O)n(CC(=O)N2CCSCC2)n1. The third-order valence-electron chi connectivity index (χ3n) is 3.95. The molecule has 1 aliphatic rings. The summed E-state index contributed by atoms with van der Waals surface area (Å²) >= 11 is 1.81. The van der Waals surface area contributed by atoms with Crippen molar-refractivity contribution in [1.82, 2.24) is 14.7 Å². The third-order valence-corrected chi connectivity index (χ3v) is 4.90. The maximum Gasteiger partial charge on any atom is 0.267 e. The maximum atomic E-state index is 13.4. The Balaban J connectivity index is 1.88. The van der Waals surface area contributed by atoms with Crippen LogP contribution >= 0.6 is 11.8 Å². The second kappa shape index (κ2) is 7.69. The minimum atomic E-state index is -0.424. The van der Waals surface area contributed by atoms with Crippen LogP contribution in [0.15, 0.2) is 35.1 Å². The van der Waals surface area contributed by atoms with Crippen molar-refractivity contribution in [2.45, 2.75) is 6.54 Å². The fraction of sp³-hybridized carbons (Fsp3) is 0.353. The smallest absolute Gasteiger partial charge is 0.267 e. The molecule has 0 bridgehead atoms. The summed E-state index contributed by atoms with van der Waals surface area (Å²) in [7, 11) is 1.44. The molecule has 0 atom stereocenters. The molecule has 132 valence electrons. The van der Waals surface area contributed by atoms with Crippen molar-refractivity contribution < 1.29 is 13.9 Å². The highest BCUT2D eigenvalue weighted by atomic mass is 32.2. The summed E-state index contributed by atoms with van der Waals surface area (Å²) < 4.78 is 19.7. The molecule has 1 aromatic carbocycles. The summed E-state index contributed by atoms with van der Waals surface area (Å²) in [6.07, 6.45) is 0. The number of amides is 1. The standard InChI is InChI=1S/C17H18FN3O3S/c1-24-15-10-12(18)2-3-13(15)14-4-5-16(22)21(19-14)11-17(23)20-6-8-25-9-7-20/h2-5,10H,6-9,11H2,1H3. The van der Waals surface area contributed by atoms with Gasteiger partial charge in [-0.3, -0.25) is 9.59 Å². The van der Waals surface area contributed by atoms with E-state index in [-0.39, 0.29) is 18.0 Å². The fourth-order valence-electron chi connectivity index (χ4n) is 2.62. The molecule has 0 aliphatic carbocycles. The number of carbonyl (C=O) groups excluding carboxylic acids is 1. The van der Waals surface area contributed by atoms with Crippen molar-refractivity contribution in [3.8, 4) is 17.0 Å². The van der Waals surface area contributed by atoms with Crippen molar-refractivity contribution in [1.29, 1.82) is 0 Å². The molecule has 2 aromatic rings. The molecule has 6 nitrogen and oxygen atoms in total. The van der Waals surface area contributed by atoms with Gasteiger partial charge >= 0.3 is 0 Å². The van der Waals surface area contributed by atoms with Gasteiger partial charge in [-0.15, -0.1) is 0 Å². The first-order valence-electron chi connectivity index (χ1n) is 7.86. The summed E-state index contributed by atoms with van der Waals surface area (Å²) in [6, 6.07) is 6.98. The molecule has 2 heterocycles. The molecule has 0 spiro atoms. The molecular weight excluding hydrogens is 345 g/mol. The Morgan fingerprint density at radius 2 is 2.04 bits per heavy atom. The number of methoxy groups -OCH3 is 1. The zero-order chi connectivity index (χ0) is 17.8. The van der Waals surface area contributed by atoms with Gasteiger partial charge in [0.2, 0.25) is 5.91 Å². The lowest BCUT2D eigenvalue weighted by Gasteiger charge is -2.26. The first-order valence-corrected chi connectivity index (χ1v) is 9.01.